The second kappa shape index (κ2) is 5.96. The standard InChI is InChI=1S/C16H30ClN/c1-7-10(2)12(4)13(5)15-9-16(18,14(15)6)8-11(3)17/h8,10,12-15H,7,9,18H2,1-6H3/b11-8-. The van der Waals surface area contributed by atoms with E-state index in [0.29, 0.717) is 5.92 Å². The van der Waals surface area contributed by atoms with Gasteiger partial charge in [0.1, 0.15) is 0 Å². The van der Waals surface area contributed by atoms with Crippen molar-refractivity contribution in [1.82, 2.24) is 0 Å². The molecule has 6 unspecified atom stereocenters. The van der Waals surface area contributed by atoms with Gasteiger partial charge in [0.25, 0.3) is 0 Å². The Morgan fingerprint density at radius 1 is 1.44 bits per heavy atom. The summed E-state index contributed by atoms with van der Waals surface area (Å²) in [6, 6.07) is 0. The van der Waals surface area contributed by atoms with Crippen LogP contribution in [0.5, 0.6) is 0 Å². The fourth-order valence-electron chi connectivity index (χ4n) is 3.49. The zero-order valence-electron chi connectivity index (χ0n) is 12.8. The number of halogens is 1. The van der Waals surface area contributed by atoms with Gasteiger partial charge in [-0.25, -0.2) is 0 Å². The Bertz CT molecular complexity index is 308. The molecule has 1 fully saturated rings. The monoisotopic (exact) mass is 271 g/mol. The van der Waals surface area contributed by atoms with Gasteiger partial charge in [0.15, 0.2) is 0 Å². The van der Waals surface area contributed by atoms with Crippen LogP contribution in [0.4, 0.5) is 0 Å². The molecular weight excluding hydrogens is 242 g/mol. The maximum Gasteiger partial charge on any atom is 0.0384 e. The van der Waals surface area contributed by atoms with Gasteiger partial charge in [-0.15, -0.1) is 0 Å². The van der Waals surface area contributed by atoms with Crippen LogP contribution in [0.1, 0.15) is 54.4 Å². The lowest BCUT2D eigenvalue weighted by Gasteiger charge is -2.54. The summed E-state index contributed by atoms with van der Waals surface area (Å²) in [5, 5.41) is 0.824. The molecule has 1 saturated carbocycles. The van der Waals surface area contributed by atoms with Crippen LogP contribution < -0.4 is 5.73 Å². The summed E-state index contributed by atoms with van der Waals surface area (Å²) in [4.78, 5) is 0. The molecule has 2 N–H and O–H groups in total. The molecule has 0 radical (unpaired) electrons. The van der Waals surface area contributed by atoms with Gasteiger partial charge in [-0.3, -0.25) is 0 Å². The predicted octanol–water partition coefficient (Wildman–Crippen LogP) is 4.80. The van der Waals surface area contributed by atoms with Crippen LogP contribution in [0.15, 0.2) is 11.1 Å². The van der Waals surface area contributed by atoms with Crippen molar-refractivity contribution in [2.24, 2.45) is 35.3 Å². The highest BCUT2D eigenvalue weighted by atomic mass is 35.5. The first-order chi connectivity index (χ1) is 8.23. The lowest BCUT2D eigenvalue weighted by molar-refractivity contribution is 0.0142. The molecule has 0 aromatic rings. The highest BCUT2D eigenvalue weighted by Crippen LogP contribution is 2.50. The van der Waals surface area contributed by atoms with Gasteiger partial charge in [0.2, 0.25) is 0 Å². The van der Waals surface area contributed by atoms with E-state index in [9.17, 15) is 0 Å². The van der Waals surface area contributed by atoms with E-state index in [1.165, 1.54) is 6.42 Å². The minimum atomic E-state index is -0.167. The maximum absolute atomic E-state index is 6.42. The molecule has 0 amide bonds. The van der Waals surface area contributed by atoms with E-state index >= 15 is 0 Å². The van der Waals surface area contributed by atoms with Crippen molar-refractivity contribution in [3.8, 4) is 0 Å². The Hall–Kier alpha value is -0.0100. The summed E-state index contributed by atoms with van der Waals surface area (Å²) in [6.45, 7) is 13.6. The lowest BCUT2D eigenvalue weighted by atomic mass is 9.54. The molecule has 0 aromatic carbocycles. The number of allylic oxidation sites excluding steroid dienone is 1. The quantitative estimate of drug-likeness (QED) is 0.764. The Labute approximate surface area is 118 Å². The summed E-state index contributed by atoms with van der Waals surface area (Å²) in [7, 11) is 0. The van der Waals surface area contributed by atoms with Gasteiger partial charge in [-0.1, -0.05) is 58.7 Å². The summed E-state index contributed by atoms with van der Waals surface area (Å²) < 4.78 is 0. The van der Waals surface area contributed by atoms with Crippen molar-refractivity contribution >= 4 is 11.6 Å². The summed E-state index contributed by atoms with van der Waals surface area (Å²) >= 11 is 5.98. The van der Waals surface area contributed by atoms with Gasteiger partial charge < -0.3 is 5.73 Å². The molecule has 0 aromatic heterocycles. The Morgan fingerprint density at radius 3 is 2.39 bits per heavy atom. The van der Waals surface area contributed by atoms with Gasteiger partial charge in [0, 0.05) is 10.6 Å². The van der Waals surface area contributed by atoms with E-state index in [2.05, 4.69) is 40.7 Å². The van der Waals surface area contributed by atoms with Crippen molar-refractivity contribution < 1.29 is 0 Å². The second-order valence-corrected chi connectivity index (χ2v) is 7.20. The normalized spacial score (nSPS) is 37.9. The third-order valence-corrected chi connectivity index (χ3v) is 5.70. The van der Waals surface area contributed by atoms with E-state index in [1.54, 1.807) is 0 Å². The molecule has 0 aliphatic heterocycles. The first kappa shape index (κ1) is 16.0. The molecule has 0 heterocycles. The molecule has 106 valence electrons. The Morgan fingerprint density at radius 2 is 2.00 bits per heavy atom. The largest absolute Gasteiger partial charge is 0.322 e. The average molecular weight is 272 g/mol. The smallest absolute Gasteiger partial charge is 0.0384 e. The van der Waals surface area contributed by atoms with Gasteiger partial charge in [0.05, 0.1) is 0 Å². The maximum atomic E-state index is 6.42. The van der Waals surface area contributed by atoms with Crippen LogP contribution in [-0.4, -0.2) is 5.54 Å². The van der Waals surface area contributed by atoms with Crippen molar-refractivity contribution in [1.29, 1.82) is 0 Å². The molecule has 0 spiro atoms. The average Bonchev–Trinajstić information content (AvgIpc) is 2.32. The third-order valence-electron chi connectivity index (χ3n) is 5.59. The first-order valence-corrected chi connectivity index (χ1v) is 7.74. The zero-order valence-corrected chi connectivity index (χ0v) is 13.6. The number of hydrogen-bond acceptors (Lipinski definition) is 1. The van der Waals surface area contributed by atoms with Crippen LogP contribution in [0, 0.1) is 29.6 Å². The SMILES string of the molecule is CCC(C)C(C)C(C)C1CC(N)(/C=C(/C)Cl)C1C. The van der Waals surface area contributed by atoms with Crippen LogP contribution in [0.2, 0.25) is 0 Å². The minimum absolute atomic E-state index is 0.167. The fraction of sp³-hybridized carbons (Fsp3) is 0.875. The number of hydrogen-bond donors (Lipinski definition) is 1. The minimum Gasteiger partial charge on any atom is -0.322 e. The molecule has 1 nitrogen and oxygen atoms in total. The molecular formula is C16H30ClN. The van der Waals surface area contributed by atoms with Gasteiger partial charge in [-0.2, -0.15) is 0 Å². The van der Waals surface area contributed by atoms with E-state index in [0.717, 1.165) is 35.1 Å². The highest BCUT2D eigenvalue weighted by molar-refractivity contribution is 6.29. The van der Waals surface area contributed by atoms with Gasteiger partial charge >= 0.3 is 0 Å². The number of rotatable bonds is 5. The van der Waals surface area contributed by atoms with E-state index in [-0.39, 0.29) is 5.54 Å². The van der Waals surface area contributed by atoms with Crippen molar-refractivity contribution in [2.45, 2.75) is 59.9 Å². The van der Waals surface area contributed by atoms with Crippen LogP contribution in [0.3, 0.4) is 0 Å². The summed E-state index contributed by atoms with van der Waals surface area (Å²) in [6.07, 6.45) is 4.40. The second-order valence-electron chi connectivity index (χ2n) is 6.60. The van der Waals surface area contributed by atoms with Crippen molar-refractivity contribution in [3.05, 3.63) is 11.1 Å². The molecule has 1 rings (SSSR count). The predicted molar refractivity (Wildman–Crippen MR) is 81.6 cm³/mol. The first-order valence-electron chi connectivity index (χ1n) is 7.36. The topological polar surface area (TPSA) is 26.0 Å². The summed E-state index contributed by atoms with van der Waals surface area (Å²) in [5.74, 6) is 3.59. The van der Waals surface area contributed by atoms with Crippen LogP contribution >= 0.6 is 11.6 Å². The molecule has 0 bridgehead atoms. The van der Waals surface area contributed by atoms with E-state index in [4.69, 9.17) is 17.3 Å². The van der Waals surface area contributed by atoms with Crippen LogP contribution in [-0.2, 0) is 0 Å². The summed E-state index contributed by atoms with van der Waals surface area (Å²) in [5.41, 5.74) is 6.26. The van der Waals surface area contributed by atoms with E-state index in [1.807, 2.05) is 6.92 Å². The molecule has 0 saturated heterocycles. The molecule has 2 heteroatoms. The molecule has 18 heavy (non-hydrogen) atoms. The van der Waals surface area contributed by atoms with Crippen LogP contribution in [0.25, 0.3) is 0 Å². The van der Waals surface area contributed by atoms with Crippen molar-refractivity contribution in [3.63, 3.8) is 0 Å². The molecule has 1 aliphatic carbocycles. The Kier molecular flexibility index (Phi) is 5.32. The zero-order chi connectivity index (χ0) is 14.1. The molecule has 6 atom stereocenters. The lowest BCUT2D eigenvalue weighted by Crippen LogP contribution is -2.60. The van der Waals surface area contributed by atoms with Gasteiger partial charge in [-0.05, 0) is 42.9 Å². The Balaban J connectivity index is 2.66. The number of nitrogens with two attached hydrogens (primary N) is 1. The highest BCUT2D eigenvalue weighted by Gasteiger charge is 2.50. The third kappa shape index (κ3) is 3.11. The van der Waals surface area contributed by atoms with Crippen molar-refractivity contribution in [2.75, 3.05) is 0 Å². The fourth-order valence-corrected chi connectivity index (χ4v) is 3.69. The molecule has 1 aliphatic rings. The van der Waals surface area contributed by atoms with E-state index < -0.39 is 0 Å².